The molecule has 1 saturated heterocycles. The van der Waals surface area contributed by atoms with Gasteiger partial charge in [0.25, 0.3) is 5.56 Å². The van der Waals surface area contributed by atoms with Crippen molar-refractivity contribution < 1.29 is 13.9 Å². The molecule has 0 saturated carbocycles. The van der Waals surface area contributed by atoms with Crippen molar-refractivity contribution in [1.82, 2.24) is 19.9 Å². The molecule has 7 nitrogen and oxygen atoms in total. The zero-order valence-corrected chi connectivity index (χ0v) is 15.3. The lowest BCUT2D eigenvalue weighted by Gasteiger charge is -2.20. The molecule has 1 amide bonds. The van der Waals surface area contributed by atoms with Gasteiger partial charge in [-0.1, -0.05) is 12.1 Å². The number of carbonyl (C=O) groups is 1. The van der Waals surface area contributed by atoms with Crippen LogP contribution in [0.3, 0.4) is 0 Å². The largest absolute Gasteiger partial charge is 0.381 e. The third-order valence-corrected chi connectivity index (χ3v) is 4.93. The van der Waals surface area contributed by atoms with Crippen molar-refractivity contribution in [2.75, 3.05) is 13.2 Å². The van der Waals surface area contributed by atoms with Crippen molar-refractivity contribution in [1.29, 1.82) is 0 Å². The SMILES string of the molecule is O=C(Cc1ccc(F)cc1)NCc1cc(=O)n2[nH]c(C3CCOCC3)cc2n1. The van der Waals surface area contributed by atoms with Crippen LogP contribution in [0.15, 0.2) is 41.2 Å². The average Bonchev–Trinajstić information content (AvgIpc) is 3.14. The molecule has 28 heavy (non-hydrogen) atoms. The van der Waals surface area contributed by atoms with E-state index in [2.05, 4.69) is 15.4 Å². The van der Waals surface area contributed by atoms with Crippen molar-refractivity contribution in [2.24, 2.45) is 0 Å². The highest BCUT2D eigenvalue weighted by Gasteiger charge is 2.19. The van der Waals surface area contributed by atoms with Crippen LogP contribution in [0.1, 0.15) is 35.7 Å². The molecular formula is C20H21FN4O3. The Hall–Kier alpha value is -3.00. The van der Waals surface area contributed by atoms with E-state index < -0.39 is 0 Å². The van der Waals surface area contributed by atoms with E-state index in [-0.39, 0.29) is 30.2 Å². The Morgan fingerprint density at radius 2 is 2.00 bits per heavy atom. The molecule has 0 bridgehead atoms. The van der Waals surface area contributed by atoms with E-state index in [1.165, 1.54) is 22.7 Å². The molecule has 1 aliphatic rings. The molecular weight excluding hydrogens is 363 g/mol. The third-order valence-electron chi connectivity index (χ3n) is 4.93. The van der Waals surface area contributed by atoms with Gasteiger partial charge in [-0.15, -0.1) is 0 Å². The molecule has 1 fully saturated rings. The maximum Gasteiger partial charge on any atom is 0.272 e. The van der Waals surface area contributed by atoms with Crippen LogP contribution < -0.4 is 10.9 Å². The Labute approximate surface area is 160 Å². The first kappa shape index (κ1) is 18.4. The molecule has 0 radical (unpaired) electrons. The van der Waals surface area contributed by atoms with E-state index in [0.29, 0.717) is 36.0 Å². The molecule has 1 aromatic carbocycles. The highest BCUT2D eigenvalue weighted by molar-refractivity contribution is 5.78. The number of fused-ring (bicyclic) bond motifs is 1. The summed E-state index contributed by atoms with van der Waals surface area (Å²) in [7, 11) is 0. The smallest absolute Gasteiger partial charge is 0.272 e. The number of halogens is 1. The number of amides is 1. The zero-order chi connectivity index (χ0) is 19.5. The molecule has 2 N–H and O–H groups in total. The van der Waals surface area contributed by atoms with Gasteiger partial charge in [-0.25, -0.2) is 13.9 Å². The fourth-order valence-electron chi connectivity index (χ4n) is 3.41. The van der Waals surface area contributed by atoms with Crippen LogP contribution in [0.5, 0.6) is 0 Å². The summed E-state index contributed by atoms with van der Waals surface area (Å²) in [5.41, 5.74) is 2.51. The van der Waals surface area contributed by atoms with E-state index in [1.807, 2.05) is 6.07 Å². The number of aromatic nitrogens is 3. The van der Waals surface area contributed by atoms with Crippen molar-refractivity contribution in [3.8, 4) is 0 Å². The van der Waals surface area contributed by atoms with E-state index in [4.69, 9.17) is 4.74 Å². The average molecular weight is 384 g/mol. The number of H-pyrrole nitrogens is 1. The second-order valence-electron chi connectivity index (χ2n) is 6.96. The Kier molecular flexibility index (Phi) is 5.21. The van der Waals surface area contributed by atoms with E-state index >= 15 is 0 Å². The fraction of sp³-hybridized carbons (Fsp3) is 0.350. The van der Waals surface area contributed by atoms with Gasteiger partial charge in [-0.05, 0) is 30.5 Å². The quantitative estimate of drug-likeness (QED) is 0.703. The minimum Gasteiger partial charge on any atom is -0.381 e. The fourth-order valence-corrected chi connectivity index (χ4v) is 3.41. The first-order valence-corrected chi connectivity index (χ1v) is 9.29. The second kappa shape index (κ2) is 7.93. The summed E-state index contributed by atoms with van der Waals surface area (Å²) in [5.74, 6) is -0.229. The van der Waals surface area contributed by atoms with Gasteiger partial charge in [0.15, 0.2) is 5.65 Å². The number of ether oxygens (including phenoxy) is 1. The number of carbonyl (C=O) groups excluding carboxylic acids is 1. The number of nitrogens with zero attached hydrogens (tertiary/aromatic N) is 2. The summed E-state index contributed by atoms with van der Waals surface area (Å²) in [6, 6.07) is 9.09. The standard InChI is InChI=1S/C20H21FN4O3/c21-15-3-1-13(2-4-15)9-19(26)22-12-16-10-20(27)25-18(23-16)11-17(24-25)14-5-7-28-8-6-14/h1-4,10-11,14,24H,5-9,12H2,(H,22,26). The molecule has 0 aliphatic carbocycles. The van der Waals surface area contributed by atoms with Gasteiger partial charge < -0.3 is 10.1 Å². The normalized spacial score (nSPS) is 15.0. The highest BCUT2D eigenvalue weighted by atomic mass is 19.1. The van der Waals surface area contributed by atoms with Crippen molar-refractivity contribution in [3.63, 3.8) is 0 Å². The summed E-state index contributed by atoms with van der Waals surface area (Å²) < 4.78 is 19.7. The summed E-state index contributed by atoms with van der Waals surface area (Å²) in [6.45, 7) is 1.59. The van der Waals surface area contributed by atoms with Crippen LogP contribution >= 0.6 is 0 Å². The van der Waals surface area contributed by atoms with E-state index in [1.54, 1.807) is 12.1 Å². The van der Waals surface area contributed by atoms with Gasteiger partial charge in [-0.3, -0.25) is 14.7 Å². The van der Waals surface area contributed by atoms with Crippen LogP contribution in [-0.2, 0) is 22.5 Å². The molecule has 0 atom stereocenters. The van der Waals surface area contributed by atoms with Gasteiger partial charge in [0.1, 0.15) is 5.82 Å². The van der Waals surface area contributed by atoms with Crippen LogP contribution in [0.25, 0.3) is 5.65 Å². The monoisotopic (exact) mass is 384 g/mol. The predicted octanol–water partition coefficient (Wildman–Crippen LogP) is 1.91. The van der Waals surface area contributed by atoms with Gasteiger partial charge in [-0.2, -0.15) is 0 Å². The molecule has 8 heteroatoms. The molecule has 0 spiro atoms. The summed E-state index contributed by atoms with van der Waals surface area (Å²) in [5, 5.41) is 5.89. The Bertz CT molecular complexity index is 1040. The molecule has 2 aromatic heterocycles. The van der Waals surface area contributed by atoms with Crippen molar-refractivity contribution >= 4 is 11.6 Å². The Morgan fingerprint density at radius 3 is 2.75 bits per heavy atom. The number of benzene rings is 1. The maximum absolute atomic E-state index is 12.9. The molecule has 0 unspecified atom stereocenters. The van der Waals surface area contributed by atoms with Crippen LogP contribution in [0.4, 0.5) is 4.39 Å². The maximum atomic E-state index is 12.9. The lowest BCUT2D eigenvalue weighted by atomic mass is 9.97. The second-order valence-corrected chi connectivity index (χ2v) is 6.96. The van der Waals surface area contributed by atoms with Gasteiger partial charge in [0.2, 0.25) is 5.91 Å². The highest BCUT2D eigenvalue weighted by Crippen LogP contribution is 2.25. The molecule has 146 valence electrons. The first-order chi connectivity index (χ1) is 13.6. The van der Waals surface area contributed by atoms with Crippen molar-refractivity contribution in [2.45, 2.75) is 31.7 Å². The summed E-state index contributed by atoms with van der Waals surface area (Å²) >= 11 is 0. The van der Waals surface area contributed by atoms with Gasteiger partial charge in [0, 0.05) is 37.0 Å². The molecule has 1 aliphatic heterocycles. The summed E-state index contributed by atoms with van der Waals surface area (Å²) in [6.07, 6.45) is 1.96. The minimum absolute atomic E-state index is 0.138. The lowest BCUT2D eigenvalue weighted by molar-refractivity contribution is -0.120. The third kappa shape index (κ3) is 4.12. The van der Waals surface area contributed by atoms with E-state index in [9.17, 15) is 14.0 Å². The predicted molar refractivity (Wildman–Crippen MR) is 101 cm³/mol. The Balaban J connectivity index is 1.44. The molecule has 3 heterocycles. The summed E-state index contributed by atoms with van der Waals surface area (Å²) in [4.78, 5) is 29.0. The lowest BCUT2D eigenvalue weighted by Crippen LogP contribution is -2.26. The van der Waals surface area contributed by atoms with Gasteiger partial charge >= 0.3 is 0 Å². The number of nitrogens with one attached hydrogen (secondary N) is 2. The number of rotatable bonds is 5. The van der Waals surface area contributed by atoms with Crippen LogP contribution in [-0.4, -0.2) is 33.7 Å². The van der Waals surface area contributed by atoms with Crippen molar-refractivity contribution in [3.05, 3.63) is 69.5 Å². The van der Waals surface area contributed by atoms with E-state index in [0.717, 1.165) is 18.5 Å². The molecule has 4 rings (SSSR count). The van der Waals surface area contributed by atoms with Gasteiger partial charge in [0.05, 0.1) is 18.7 Å². The zero-order valence-electron chi connectivity index (χ0n) is 15.3. The number of aromatic amines is 1. The van der Waals surface area contributed by atoms with Crippen LogP contribution in [0.2, 0.25) is 0 Å². The number of hydrogen-bond donors (Lipinski definition) is 2. The molecule has 3 aromatic rings. The Morgan fingerprint density at radius 1 is 1.25 bits per heavy atom. The van der Waals surface area contributed by atoms with Crippen LogP contribution in [0, 0.1) is 5.82 Å². The number of hydrogen-bond acceptors (Lipinski definition) is 4. The topological polar surface area (TPSA) is 88.5 Å². The first-order valence-electron chi connectivity index (χ1n) is 9.29. The minimum atomic E-state index is -0.339.